The van der Waals surface area contributed by atoms with E-state index in [1.54, 1.807) is 11.6 Å². The van der Waals surface area contributed by atoms with Gasteiger partial charge in [-0.05, 0) is 48.5 Å². The number of hydrazine groups is 1. The number of anilines is 2. The van der Waals surface area contributed by atoms with Crippen LogP contribution in [0.1, 0.15) is 21.5 Å². The number of fused-ring (bicyclic) bond motifs is 1. The number of aromatic nitrogens is 2. The van der Waals surface area contributed by atoms with Crippen LogP contribution in [0.4, 0.5) is 37.7 Å². The fraction of sp³-hybridized carbons (Fsp3) is 0.167. The van der Waals surface area contributed by atoms with Crippen molar-refractivity contribution in [2.45, 2.75) is 12.4 Å². The van der Waals surface area contributed by atoms with Gasteiger partial charge >= 0.3 is 12.4 Å². The molecule has 0 aliphatic heterocycles. The Kier molecular flexibility index (Phi) is 6.84. The smallest absolute Gasteiger partial charge is 0.418 e. The van der Waals surface area contributed by atoms with E-state index in [9.17, 15) is 31.1 Å². The van der Waals surface area contributed by atoms with Gasteiger partial charge in [0.05, 0.1) is 52.5 Å². The summed E-state index contributed by atoms with van der Waals surface area (Å²) in [5.41, 5.74) is -0.398. The van der Waals surface area contributed by atoms with Gasteiger partial charge in [0.2, 0.25) is 0 Å². The first-order valence-electron chi connectivity index (χ1n) is 10.4. The van der Waals surface area contributed by atoms with Gasteiger partial charge in [-0.2, -0.15) is 26.3 Å². The quantitative estimate of drug-likeness (QED) is 0.201. The van der Waals surface area contributed by atoms with E-state index in [1.165, 1.54) is 49.8 Å². The number of benzene rings is 3. The van der Waals surface area contributed by atoms with E-state index in [0.717, 1.165) is 5.01 Å². The maximum atomic E-state index is 13.7. The van der Waals surface area contributed by atoms with Crippen molar-refractivity contribution in [3.63, 3.8) is 0 Å². The lowest BCUT2D eigenvalue weighted by Crippen LogP contribution is -2.37. The van der Waals surface area contributed by atoms with Crippen molar-refractivity contribution in [1.82, 2.24) is 9.55 Å². The summed E-state index contributed by atoms with van der Waals surface area (Å²) in [7, 11) is 3.03. The molecule has 0 aliphatic rings. The Hall–Kier alpha value is -3.74. The van der Waals surface area contributed by atoms with E-state index in [2.05, 4.69) is 26.3 Å². The van der Waals surface area contributed by atoms with E-state index in [-0.39, 0.29) is 17.0 Å². The number of imidazole rings is 1. The zero-order valence-corrected chi connectivity index (χ0v) is 20.7. The zero-order valence-electron chi connectivity index (χ0n) is 19.1. The number of hydrogen-bond acceptors (Lipinski definition) is 4. The molecule has 0 radical (unpaired) electrons. The van der Waals surface area contributed by atoms with Gasteiger partial charge in [0, 0.05) is 17.6 Å². The lowest BCUT2D eigenvalue weighted by Gasteiger charge is -2.27. The van der Waals surface area contributed by atoms with E-state index in [1.807, 2.05) is 0 Å². The minimum Gasteiger partial charge on any atom is -0.496 e. The second kappa shape index (κ2) is 9.61. The Morgan fingerprint density at radius 1 is 1.00 bits per heavy atom. The molecule has 1 N–H and O–H groups in total. The predicted octanol–water partition coefficient (Wildman–Crippen LogP) is 7.06. The summed E-state index contributed by atoms with van der Waals surface area (Å²) in [5, 5.41) is 0.726. The van der Waals surface area contributed by atoms with E-state index < -0.39 is 35.1 Å². The normalized spacial score (nSPS) is 12.0. The molecule has 0 aliphatic carbocycles. The number of nitrogens with zero attached hydrogens (tertiary/aromatic N) is 3. The number of carbonyl (C=O) groups excluding carboxylic acids is 1. The number of rotatable bonds is 5. The molecule has 0 fully saturated rings. The maximum Gasteiger partial charge on any atom is 0.418 e. The molecule has 6 nitrogen and oxygen atoms in total. The summed E-state index contributed by atoms with van der Waals surface area (Å²) < 4.78 is 88.9. The van der Waals surface area contributed by atoms with Gasteiger partial charge in [-0.1, -0.05) is 15.9 Å². The van der Waals surface area contributed by atoms with Crippen LogP contribution in [0.25, 0.3) is 11.0 Å². The van der Waals surface area contributed by atoms with Crippen LogP contribution < -0.4 is 15.2 Å². The lowest BCUT2D eigenvalue weighted by molar-refractivity contribution is -0.140. The van der Waals surface area contributed by atoms with Crippen LogP contribution in [-0.2, 0) is 19.4 Å². The summed E-state index contributed by atoms with van der Waals surface area (Å²) in [4.78, 5) is 17.9. The average Bonchev–Trinajstić information content (AvgIpc) is 3.20. The third kappa shape index (κ3) is 5.36. The molecule has 1 amide bonds. The van der Waals surface area contributed by atoms with Crippen molar-refractivity contribution in [2.75, 3.05) is 17.5 Å². The van der Waals surface area contributed by atoms with Crippen molar-refractivity contribution in [2.24, 2.45) is 7.05 Å². The number of ether oxygens (including phenoxy) is 1. The van der Waals surface area contributed by atoms with Gasteiger partial charge in [-0.25, -0.2) is 9.99 Å². The number of alkyl halides is 6. The number of carbonyl (C=O) groups is 1. The van der Waals surface area contributed by atoms with E-state index in [4.69, 9.17) is 4.74 Å². The SMILES string of the molecule is COc1cc2c(cc1C(=O)N(Nc1cc(C(F)(F)F)ccc1C(F)(F)F)c1ccc(Br)cc1)ncn2C. The van der Waals surface area contributed by atoms with Crippen molar-refractivity contribution in [1.29, 1.82) is 0 Å². The van der Waals surface area contributed by atoms with Crippen molar-refractivity contribution in [3.8, 4) is 5.75 Å². The molecule has 194 valence electrons. The van der Waals surface area contributed by atoms with Crippen LogP contribution in [0.15, 0.2) is 65.4 Å². The van der Waals surface area contributed by atoms with Gasteiger partial charge in [0.1, 0.15) is 5.75 Å². The van der Waals surface area contributed by atoms with Gasteiger partial charge < -0.3 is 9.30 Å². The number of amides is 1. The van der Waals surface area contributed by atoms with Crippen LogP contribution in [0, 0.1) is 0 Å². The molecule has 4 rings (SSSR count). The molecule has 1 heterocycles. The average molecular weight is 587 g/mol. The number of nitrogens with one attached hydrogen (secondary N) is 1. The molecular weight excluding hydrogens is 570 g/mol. The second-order valence-corrected chi connectivity index (χ2v) is 8.80. The lowest BCUT2D eigenvalue weighted by atomic mass is 10.1. The first-order chi connectivity index (χ1) is 17.3. The zero-order chi connectivity index (χ0) is 27.1. The van der Waals surface area contributed by atoms with E-state index >= 15 is 0 Å². The van der Waals surface area contributed by atoms with Gasteiger partial charge in [0.15, 0.2) is 0 Å². The molecule has 0 saturated carbocycles. The number of aryl methyl sites for hydroxylation is 1. The second-order valence-electron chi connectivity index (χ2n) is 7.88. The first-order valence-corrected chi connectivity index (χ1v) is 11.2. The molecule has 4 aromatic rings. The standard InChI is InChI=1S/C24H17BrF6N4O2/c1-34-12-32-19-10-16(21(37-2)11-20(19)34)22(36)35(15-6-4-14(25)5-7-15)33-18-9-13(23(26,27)28)3-8-17(18)24(29,30)31/h3-12,33H,1-2H3. The third-order valence-corrected chi connectivity index (χ3v) is 5.98. The van der Waals surface area contributed by atoms with Crippen LogP contribution in [0.3, 0.4) is 0 Å². The molecule has 0 saturated heterocycles. The fourth-order valence-corrected chi connectivity index (χ4v) is 3.88. The number of methoxy groups -OCH3 is 1. The minimum absolute atomic E-state index is 0.0573. The third-order valence-electron chi connectivity index (χ3n) is 5.45. The molecule has 0 bridgehead atoms. The van der Waals surface area contributed by atoms with Crippen LogP contribution in [-0.4, -0.2) is 22.6 Å². The van der Waals surface area contributed by atoms with Crippen molar-refractivity contribution in [3.05, 3.63) is 82.1 Å². The topological polar surface area (TPSA) is 59.4 Å². The minimum atomic E-state index is -5.01. The maximum absolute atomic E-state index is 13.7. The van der Waals surface area contributed by atoms with Gasteiger partial charge in [-0.15, -0.1) is 0 Å². The van der Waals surface area contributed by atoms with Gasteiger partial charge in [0.25, 0.3) is 5.91 Å². The highest BCUT2D eigenvalue weighted by Gasteiger charge is 2.38. The summed E-state index contributed by atoms with van der Waals surface area (Å²) in [6.45, 7) is 0. The first kappa shape index (κ1) is 26.3. The highest BCUT2D eigenvalue weighted by atomic mass is 79.9. The van der Waals surface area contributed by atoms with Crippen molar-refractivity contribution < 1.29 is 35.9 Å². The molecular formula is C24H17BrF6N4O2. The Balaban J connectivity index is 1.89. The summed E-state index contributed by atoms with van der Waals surface area (Å²) in [6, 6.07) is 9.72. The molecule has 0 spiro atoms. The highest BCUT2D eigenvalue weighted by Crippen LogP contribution is 2.40. The summed E-state index contributed by atoms with van der Waals surface area (Å²) in [6.07, 6.45) is -8.42. The largest absolute Gasteiger partial charge is 0.496 e. The predicted molar refractivity (Wildman–Crippen MR) is 128 cm³/mol. The monoisotopic (exact) mass is 586 g/mol. The molecule has 0 unspecified atom stereocenters. The molecule has 0 atom stereocenters. The number of hydrogen-bond donors (Lipinski definition) is 1. The summed E-state index contributed by atoms with van der Waals surface area (Å²) in [5.74, 6) is -0.803. The Morgan fingerprint density at radius 3 is 2.27 bits per heavy atom. The Labute approximate surface area is 214 Å². The molecule has 37 heavy (non-hydrogen) atoms. The Morgan fingerprint density at radius 2 is 1.68 bits per heavy atom. The number of halogens is 7. The van der Waals surface area contributed by atoms with Crippen molar-refractivity contribution >= 4 is 44.2 Å². The molecule has 3 aromatic carbocycles. The summed E-state index contributed by atoms with van der Waals surface area (Å²) >= 11 is 3.24. The molecule has 13 heteroatoms. The molecule has 1 aromatic heterocycles. The highest BCUT2D eigenvalue weighted by molar-refractivity contribution is 9.10. The van der Waals surface area contributed by atoms with Crippen LogP contribution >= 0.6 is 15.9 Å². The van der Waals surface area contributed by atoms with E-state index in [0.29, 0.717) is 33.7 Å². The Bertz CT molecular complexity index is 1470. The fourth-order valence-electron chi connectivity index (χ4n) is 3.61. The van der Waals surface area contributed by atoms with Crippen LogP contribution in [0.2, 0.25) is 0 Å². The van der Waals surface area contributed by atoms with Gasteiger partial charge in [-0.3, -0.25) is 10.2 Å². The van der Waals surface area contributed by atoms with Crippen LogP contribution in [0.5, 0.6) is 5.75 Å².